The van der Waals surface area contributed by atoms with Gasteiger partial charge >= 0.3 is 0 Å². The third-order valence-electron chi connectivity index (χ3n) is 4.81. The van der Waals surface area contributed by atoms with Crippen LogP contribution in [0.2, 0.25) is 0 Å². The zero-order valence-electron chi connectivity index (χ0n) is 16.4. The lowest BCUT2D eigenvalue weighted by atomic mass is 10.2. The summed E-state index contributed by atoms with van der Waals surface area (Å²) in [6.45, 7) is 0.516. The Morgan fingerprint density at radius 1 is 1.31 bits per heavy atom. The van der Waals surface area contributed by atoms with Crippen molar-refractivity contribution in [3.05, 3.63) is 42.7 Å². The second kappa shape index (κ2) is 7.47. The van der Waals surface area contributed by atoms with Gasteiger partial charge in [0.15, 0.2) is 11.5 Å². The van der Waals surface area contributed by atoms with Gasteiger partial charge in [-0.2, -0.15) is 5.10 Å². The molecular formula is C19H21N7O3. The molecule has 3 aromatic heterocycles. The molecule has 0 bridgehead atoms. The summed E-state index contributed by atoms with van der Waals surface area (Å²) >= 11 is 0. The van der Waals surface area contributed by atoms with Crippen molar-refractivity contribution in [3.8, 4) is 11.5 Å². The fourth-order valence-corrected chi connectivity index (χ4v) is 3.20. The van der Waals surface area contributed by atoms with Gasteiger partial charge in [-0.3, -0.25) is 24.2 Å². The van der Waals surface area contributed by atoms with Crippen LogP contribution >= 0.6 is 0 Å². The van der Waals surface area contributed by atoms with E-state index in [9.17, 15) is 9.59 Å². The fourth-order valence-electron chi connectivity index (χ4n) is 3.20. The molecule has 3 aromatic rings. The molecule has 1 saturated heterocycles. The van der Waals surface area contributed by atoms with Crippen molar-refractivity contribution in [2.45, 2.75) is 12.5 Å². The van der Waals surface area contributed by atoms with Crippen LogP contribution in [0.5, 0.6) is 0 Å². The Balaban J connectivity index is 1.54. The first-order chi connectivity index (χ1) is 13.9. The first-order valence-electron chi connectivity index (χ1n) is 9.10. The number of oxazole rings is 1. The number of amides is 2. The highest BCUT2D eigenvalue weighted by molar-refractivity contribution is 6.06. The van der Waals surface area contributed by atoms with Crippen LogP contribution in [0.4, 0.5) is 11.5 Å². The SMILES string of the molecule is CN(C)[C@H]1CC(=O)N(c2nn(C)cc2NC(=O)c2coc(-c3ccncc3)n2)C1. The van der Waals surface area contributed by atoms with Crippen molar-refractivity contribution in [1.29, 1.82) is 0 Å². The van der Waals surface area contributed by atoms with Gasteiger partial charge < -0.3 is 14.6 Å². The van der Waals surface area contributed by atoms with Gasteiger partial charge in [-0.1, -0.05) is 0 Å². The quantitative estimate of drug-likeness (QED) is 0.695. The molecule has 0 saturated carbocycles. The van der Waals surface area contributed by atoms with Crippen LogP contribution in [0, 0.1) is 0 Å². The molecule has 150 valence electrons. The standard InChI is InChI=1S/C19H21N7O3/c1-24(2)13-8-16(27)26(9-13)17-14(10-25(3)23-17)21-18(28)15-11-29-19(22-15)12-4-6-20-7-5-12/h4-7,10-11,13H,8-9H2,1-3H3,(H,21,28)/t13-/m0/s1. The summed E-state index contributed by atoms with van der Waals surface area (Å²) in [4.78, 5) is 37.0. The Bertz CT molecular complexity index is 1040. The molecule has 4 heterocycles. The zero-order valence-corrected chi connectivity index (χ0v) is 16.4. The van der Waals surface area contributed by atoms with Crippen molar-refractivity contribution in [3.63, 3.8) is 0 Å². The maximum Gasteiger partial charge on any atom is 0.277 e. The molecule has 2 amide bonds. The Kier molecular flexibility index (Phi) is 4.85. The van der Waals surface area contributed by atoms with Crippen molar-refractivity contribution < 1.29 is 14.0 Å². The van der Waals surface area contributed by atoms with E-state index in [0.29, 0.717) is 30.4 Å². The minimum atomic E-state index is -0.445. The molecule has 10 heteroatoms. The highest BCUT2D eigenvalue weighted by Crippen LogP contribution is 2.29. The average molecular weight is 395 g/mol. The first kappa shape index (κ1) is 18.8. The van der Waals surface area contributed by atoms with Crippen molar-refractivity contribution in [2.24, 2.45) is 7.05 Å². The monoisotopic (exact) mass is 395 g/mol. The van der Waals surface area contributed by atoms with E-state index in [1.54, 1.807) is 47.4 Å². The molecule has 1 N–H and O–H groups in total. The average Bonchev–Trinajstić information content (AvgIpc) is 3.41. The molecule has 0 aromatic carbocycles. The second-order valence-electron chi connectivity index (χ2n) is 7.09. The normalized spacial score (nSPS) is 16.6. The number of nitrogens with one attached hydrogen (secondary N) is 1. The molecule has 29 heavy (non-hydrogen) atoms. The lowest BCUT2D eigenvalue weighted by Gasteiger charge is -2.19. The van der Waals surface area contributed by atoms with Gasteiger partial charge in [0.2, 0.25) is 11.8 Å². The maximum atomic E-state index is 12.7. The predicted octanol–water partition coefficient (Wildman–Crippen LogP) is 1.39. The minimum Gasteiger partial charge on any atom is -0.444 e. The van der Waals surface area contributed by atoms with Gasteiger partial charge in [0.1, 0.15) is 12.0 Å². The van der Waals surface area contributed by atoms with Gasteiger partial charge in [0.25, 0.3) is 5.91 Å². The van der Waals surface area contributed by atoms with Crippen LogP contribution in [0.3, 0.4) is 0 Å². The summed E-state index contributed by atoms with van der Waals surface area (Å²) in [5.41, 5.74) is 1.29. The van der Waals surface area contributed by atoms with Gasteiger partial charge in [-0.25, -0.2) is 4.98 Å². The predicted molar refractivity (Wildman–Crippen MR) is 105 cm³/mol. The number of rotatable bonds is 5. The van der Waals surface area contributed by atoms with E-state index in [1.165, 1.54) is 6.26 Å². The number of carbonyl (C=O) groups excluding carboxylic acids is 2. The fraction of sp³-hybridized carbons (Fsp3) is 0.316. The highest BCUT2D eigenvalue weighted by atomic mass is 16.3. The lowest BCUT2D eigenvalue weighted by molar-refractivity contribution is -0.117. The Labute approximate surface area is 167 Å². The van der Waals surface area contributed by atoms with E-state index >= 15 is 0 Å². The number of hydrogen-bond acceptors (Lipinski definition) is 7. The Morgan fingerprint density at radius 2 is 2.07 bits per heavy atom. The lowest BCUT2D eigenvalue weighted by Crippen LogP contribution is -2.32. The number of anilines is 2. The third-order valence-corrected chi connectivity index (χ3v) is 4.81. The number of aryl methyl sites for hydroxylation is 1. The molecule has 0 unspecified atom stereocenters. The van der Waals surface area contributed by atoms with Gasteiger partial charge in [0, 0.05) is 44.0 Å². The van der Waals surface area contributed by atoms with E-state index in [2.05, 4.69) is 20.4 Å². The second-order valence-corrected chi connectivity index (χ2v) is 7.09. The minimum absolute atomic E-state index is 0.0284. The molecular weight excluding hydrogens is 374 g/mol. The maximum absolute atomic E-state index is 12.7. The van der Waals surface area contributed by atoms with E-state index in [0.717, 1.165) is 5.56 Å². The summed E-state index contributed by atoms with van der Waals surface area (Å²) in [5, 5.41) is 7.16. The molecule has 1 aliphatic heterocycles. The largest absolute Gasteiger partial charge is 0.444 e. The number of aromatic nitrogens is 4. The number of pyridine rings is 1. The molecule has 1 fully saturated rings. The van der Waals surface area contributed by atoms with Crippen LogP contribution in [0.25, 0.3) is 11.5 Å². The molecule has 0 radical (unpaired) electrons. The van der Waals surface area contributed by atoms with Crippen LogP contribution < -0.4 is 10.2 Å². The van der Waals surface area contributed by atoms with E-state index in [-0.39, 0.29) is 17.6 Å². The van der Waals surface area contributed by atoms with Crippen molar-refractivity contribution in [2.75, 3.05) is 30.9 Å². The smallest absolute Gasteiger partial charge is 0.277 e. The topological polar surface area (TPSA) is 109 Å². The molecule has 1 atom stereocenters. The molecule has 4 rings (SSSR count). The molecule has 10 nitrogen and oxygen atoms in total. The van der Waals surface area contributed by atoms with Crippen LogP contribution in [-0.2, 0) is 11.8 Å². The summed E-state index contributed by atoms with van der Waals surface area (Å²) < 4.78 is 6.97. The summed E-state index contributed by atoms with van der Waals surface area (Å²) in [6.07, 6.45) is 6.61. The summed E-state index contributed by atoms with van der Waals surface area (Å²) in [6, 6.07) is 3.59. The Hall–Kier alpha value is -3.53. The number of nitrogens with zero attached hydrogens (tertiary/aromatic N) is 6. The van der Waals surface area contributed by atoms with E-state index in [4.69, 9.17) is 4.42 Å². The summed E-state index contributed by atoms with van der Waals surface area (Å²) in [5.74, 6) is 0.277. The van der Waals surface area contributed by atoms with Crippen LogP contribution in [0.1, 0.15) is 16.9 Å². The van der Waals surface area contributed by atoms with Crippen LogP contribution in [0.15, 0.2) is 41.4 Å². The van der Waals surface area contributed by atoms with Crippen molar-refractivity contribution in [1.82, 2.24) is 24.6 Å². The summed E-state index contributed by atoms with van der Waals surface area (Å²) in [7, 11) is 5.61. The van der Waals surface area contributed by atoms with Gasteiger partial charge in [-0.15, -0.1) is 0 Å². The molecule has 0 spiro atoms. The van der Waals surface area contributed by atoms with Crippen molar-refractivity contribution >= 4 is 23.3 Å². The molecule has 1 aliphatic rings. The van der Waals surface area contributed by atoms with Gasteiger partial charge in [0.05, 0.1) is 6.20 Å². The van der Waals surface area contributed by atoms with Gasteiger partial charge in [-0.05, 0) is 26.2 Å². The first-order valence-corrected chi connectivity index (χ1v) is 9.10. The third kappa shape index (κ3) is 3.74. The number of hydrogen-bond donors (Lipinski definition) is 1. The zero-order chi connectivity index (χ0) is 20.5. The molecule has 0 aliphatic carbocycles. The van der Waals surface area contributed by atoms with E-state index in [1.807, 2.05) is 19.0 Å². The Morgan fingerprint density at radius 3 is 2.76 bits per heavy atom. The number of likely N-dealkylation sites (N-methyl/N-ethyl adjacent to an activating group) is 1. The highest BCUT2D eigenvalue weighted by Gasteiger charge is 2.35. The number of carbonyl (C=O) groups is 2. The van der Waals surface area contributed by atoms with Crippen LogP contribution in [-0.4, -0.2) is 63.1 Å². The van der Waals surface area contributed by atoms with E-state index < -0.39 is 5.91 Å².